The van der Waals surface area contributed by atoms with Gasteiger partial charge < -0.3 is 19.7 Å². The lowest BCUT2D eigenvalue weighted by atomic mass is 9.88. The van der Waals surface area contributed by atoms with Crippen molar-refractivity contribution in [2.45, 2.75) is 25.7 Å². The molecule has 2 aromatic rings. The number of aromatic hydroxyl groups is 2. The summed E-state index contributed by atoms with van der Waals surface area (Å²) in [5.41, 5.74) is 1.34. The number of hydrogen-bond acceptors (Lipinski definition) is 8. The smallest absolute Gasteiger partial charge is 0.213 e. The van der Waals surface area contributed by atoms with Crippen LogP contribution in [0.25, 0.3) is 0 Å². The van der Waals surface area contributed by atoms with Crippen LogP contribution in [-0.4, -0.2) is 48.1 Å². The SMILES string of the molecule is COc1cc(CCC(=O)C(C(=O)C=O)C(=O)CCc2ccc(O)c(OC)c2)ccc1O. The zero-order valence-corrected chi connectivity index (χ0v) is 17.3. The molecule has 0 saturated heterocycles. The quantitative estimate of drug-likeness (QED) is 0.299. The third-order valence-electron chi connectivity index (χ3n) is 4.85. The van der Waals surface area contributed by atoms with Crippen LogP contribution in [-0.2, 0) is 32.0 Å². The van der Waals surface area contributed by atoms with Crippen LogP contribution in [0.3, 0.4) is 0 Å². The third-order valence-corrected chi connectivity index (χ3v) is 4.85. The van der Waals surface area contributed by atoms with E-state index in [1.807, 2.05) is 0 Å². The molecule has 31 heavy (non-hydrogen) atoms. The number of Topliss-reactive ketones (excluding diaryl/α,β-unsaturated/α-hetero) is 3. The van der Waals surface area contributed by atoms with Gasteiger partial charge in [0.2, 0.25) is 5.78 Å². The number of methoxy groups -OCH3 is 2. The van der Waals surface area contributed by atoms with Gasteiger partial charge in [-0.2, -0.15) is 0 Å². The van der Waals surface area contributed by atoms with Gasteiger partial charge in [-0.3, -0.25) is 19.2 Å². The van der Waals surface area contributed by atoms with Crippen molar-refractivity contribution in [3.05, 3.63) is 47.5 Å². The summed E-state index contributed by atoms with van der Waals surface area (Å²) in [5, 5.41) is 19.3. The largest absolute Gasteiger partial charge is 0.504 e. The van der Waals surface area contributed by atoms with Crippen LogP contribution in [0.15, 0.2) is 36.4 Å². The lowest BCUT2D eigenvalue weighted by Crippen LogP contribution is -2.33. The standard InChI is InChI=1S/C23H24O8/c1-30-21-11-14(3-7-16(21)25)5-9-18(27)23(20(29)13-24)19(28)10-6-15-4-8-17(26)22(12-15)31-2/h3-4,7-8,11-13,23,25-26H,5-6,9-10H2,1-2H3. The monoisotopic (exact) mass is 428 g/mol. The van der Waals surface area contributed by atoms with Gasteiger partial charge in [-0.1, -0.05) is 12.1 Å². The number of phenols is 2. The number of aldehydes is 1. The van der Waals surface area contributed by atoms with Crippen molar-refractivity contribution in [3.63, 3.8) is 0 Å². The van der Waals surface area contributed by atoms with Crippen molar-refractivity contribution >= 4 is 23.6 Å². The molecule has 8 heteroatoms. The van der Waals surface area contributed by atoms with E-state index < -0.39 is 23.3 Å². The average Bonchev–Trinajstić information content (AvgIpc) is 2.77. The lowest BCUT2D eigenvalue weighted by Gasteiger charge is -2.12. The van der Waals surface area contributed by atoms with E-state index in [0.29, 0.717) is 11.1 Å². The minimum absolute atomic E-state index is 0.00632. The molecule has 164 valence electrons. The van der Waals surface area contributed by atoms with E-state index in [0.717, 1.165) is 0 Å². The molecule has 2 N–H and O–H groups in total. The number of benzene rings is 2. The van der Waals surface area contributed by atoms with Gasteiger partial charge in [-0.15, -0.1) is 0 Å². The fourth-order valence-corrected chi connectivity index (χ4v) is 3.14. The molecular formula is C23H24O8. The Hall–Kier alpha value is -3.68. The summed E-state index contributed by atoms with van der Waals surface area (Å²) in [6.45, 7) is 0. The van der Waals surface area contributed by atoms with Crippen molar-refractivity contribution in [1.82, 2.24) is 0 Å². The first-order valence-electron chi connectivity index (χ1n) is 9.57. The number of rotatable bonds is 12. The van der Waals surface area contributed by atoms with Crippen LogP contribution in [0, 0.1) is 5.92 Å². The first-order valence-corrected chi connectivity index (χ1v) is 9.57. The predicted molar refractivity (Wildman–Crippen MR) is 111 cm³/mol. The summed E-state index contributed by atoms with van der Waals surface area (Å²) in [4.78, 5) is 48.2. The van der Waals surface area contributed by atoms with Gasteiger partial charge in [0, 0.05) is 12.8 Å². The van der Waals surface area contributed by atoms with Crippen LogP contribution in [0.5, 0.6) is 23.0 Å². The molecule has 0 bridgehead atoms. The fourth-order valence-electron chi connectivity index (χ4n) is 3.14. The van der Waals surface area contributed by atoms with E-state index in [1.165, 1.54) is 26.4 Å². The minimum atomic E-state index is -1.64. The summed E-state index contributed by atoms with van der Waals surface area (Å²) >= 11 is 0. The molecule has 0 heterocycles. The second-order valence-corrected chi connectivity index (χ2v) is 6.90. The van der Waals surface area contributed by atoms with Crippen LogP contribution >= 0.6 is 0 Å². The lowest BCUT2D eigenvalue weighted by molar-refractivity contribution is -0.143. The topological polar surface area (TPSA) is 127 Å². The van der Waals surface area contributed by atoms with Gasteiger partial charge in [-0.05, 0) is 48.2 Å². The highest BCUT2D eigenvalue weighted by Crippen LogP contribution is 2.28. The molecule has 2 aromatic carbocycles. The Kier molecular flexibility index (Phi) is 8.31. The van der Waals surface area contributed by atoms with E-state index in [4.69, 9.17) is 9.47 Å². The first kappa shape index (κ1) is 23.6. The van der Waals surface area contributed by atoms with Crippen molar-refractivity contribution < 1.29 is 38.9 Å². The number of ketones is 3. The van der Waals surface area contributed by atoms with Crippen LogP contribution in [0.1, 0.15) is 24.0 Å². The van der Waals surface area contributed by atoms with Crippen LogP contribution in [0.2, 0.25) is 0 Å². The van der Waals surface area contributed by atoms with Gasteiger partial charge in [0.1, 0.15) is 5.92 Å². The molecule has 0 unspecified atom stereocenters. The van der Waals surface area contributed by atoms with E-state index in [-0.39, 0.29) is 55.0 Å². The Morgan fingerprint density at radius 2 is 1.26 bits per heavy atom. The van der Waals surface area contributed by atoms with Gasteiger partial charge in [-0.25, -0.2) is 0 Å². The summed E-state index contributed by atoms with van der Waals surface area (Å²) in [5.74, 6) is -3.61. The second kappa shape index (κ2) is 10.9. The number of carbonyl (C=O) groups is 4. The maximum Gasteiger partial charge on any atom is 0.213 e. The van der Waals surface area contributed by atoms with Gasteiger partial charge in [0.05, 0.1) is 14.2 Å². The molecule has 0 aliphatic carbocycles. The molecule has 0 radical (unpaired) electrons. The highest BCUT2D eigenvalue weighted by atomic mass is 16.5. The number of ether oxygens (including phenoxy) is 2. The Labute approximate surface area is 179 Å². The Balaban J connectivity index is 2.06. The molecule has 0 saturated carbocycles. The maximum absolute atomic E-state index is 12.6. The molecule has 0 fully saturated rings. The number of hydrogen-bond donors (Lipinski definition) is 2. The number of phenolic OH excluding ortho intramolecular Hbond substituents is 2. The van der Waals surface area contributed by atoms with Crippen molar-refractivity contribution in [2.75, 3.05) is 14.2 Å². The summed E-state index contributed by atoms with van der Waals surface area (Å²) in [6, 6.07) is 9.15. The van der Waals surface area contributed by atoms with E-state index in [9.17, 15) is 29.4 Å². The van der Waals surface area contributed by atoms with Crippen LogP contribution in [0.4, 0.5) is 0 Å². The summed E-state index contributed by atoms with van der Waals surface area (Å²) in [7, 11) is 2.79. The van der Waals surface area contributed by atoms with Gasteiger partial charge >= 0.3 is 0 Å². The molecule has 0 aromatic heterocycles. The molecule has 0 amide bonds. The second-order valence-electron chi connectivity index (χ2n) is 6.90. The highest BCUT2D eigenvalue weighted by Gasteiger charge is 2.32. The zero-order valence-electron chi connectivity index (χ0n) is 17.3. The Bertz CT molecular complexity index is 910. The first-order chi connectivity index (χ1) is 14.8. The molecule has 0 aliphatic heterocycles. The van der Waals surface area contributed by atoms with Gasteiger partial charge in [0.15, 0.2) is 40.9 Å². The average molecular weight is 428 g/mol. The molecule has 8 nitrogen and oxygen atoms in total. The number of carbonyl (C=O) groups excluding carboxylic acids is 4. The predicted octanol–water partition coefficient (Wildman–Crippen LogP) is 2.20. The normalized spacial score (nSPS) is 10.5. The van der Waals surface area contributed by atoms with Crippen molar-refractivity contribution in [1.29, 1.82) is 0 Å². The molecule has 0 spiro atoms. The number of aryl methyl sites for hydroxylation is 2. The molecular weight excluding hydrogens is 404 g/mol. The van der Waals surface area contributed by atoms with Gasteiger partial charge in [0.25, 0.3) is 0 Å². The molecule has 0 atom stereocenters. The fraction of sp³-hybridized carbons (Fsp3) is 0.304. The summed E-state index contributed by atoms with van der Waals surface area (Å²) in [6.07, 6.45) is 0.155. The van der Waals surface area contributed by atoms with Crippen molar-refractivity contribution in [3.8, 4) is 23.0 Å². The minimum Gasteiger partial charge on any atom is -0.504 e. The zero-order chi connectivity index (χ0) is 23.0. The molecule has 0 aliphatic rings. The maximum atomic E-state index is 12.6. The Morgan fingerprint density at radius 1 is 0.839 bits per heavy atom. The van der Waals surface area contributed by atoms with Crippen LogP contribution < -0.4 is 9.47 Å². The van der Waals surface area contributed by atoms with E-state index >= 15 is 0 Å². The highest BCUT2D eigenvalue weighted by molar-refractivity contribution is 6.38. The summed E-state index contributed by atoms with van der Waals surface area (Å²) < 4.78 is 10.0. The Morgan fingerprint density at radius 3 is 1.61 bits per heavy atom. The van der Waals surface area contributed by atoms with Crippen molar-refractivity contribution in [2.24, 2.45) is 5.92 Å². The van der Waals surface area contributed by atoms with E-state index in [1.54, 1.807) is 24.3 Å². The molecule has 2 rings (SSSR count). The third kappa shape index (κ3) is 6.15. The van der Waals surface area contributed by atoms with E-state index in [2.05, 4.69) is 0 Å².